The molecule has 7 nitrogen and oxygen atoms in total. The summed E-state index contributed by atoms with van der Waals surface area (Å²) in [5.74, 6) is 1.69. The van der Waals surface area contributed by atoms with E-state index in [-0.39, 0.29) is 24.8 Å². The second kappa shape index (κ2) is 7.38. The van der Waals surface area contributed by atoms with Gasteiger partial charge >= 0.3 is 0 Å². The standard InChI is InChI=1S/C18H21N3O4/c1-3-4-14-8-18(23)21(12(2)20-14)10-17(22)19-9-13-5-6-15-16(7-13)25-11-24-15/h5-8H,3-4,9-11H2,1-2H3,(H,19,22). The lowest BCUT2D eigenvalue weighted by atomic mass is 10.2. The van der Waals surface area contributed by atoms with Gasteiger partial charge in [0.25, 0.3) is 5.56 Å². The molecule has 132 valence electrons. The number of nitrogens with one attached hydrogen (secondary N) is 1. The molecular formula is C18H21N3O4. The average molecular weight is 343 g/mol. The Bertz CT molecular complexity index is 845. The average Bonchev–Trinajstić information content (AvgIpc) is 3.04. The molecule has 2 aromatic rings. The lowest BCUT2D eigenvalue weighted by Gasteiger charge is -2.11. The summed E-state index contributed by atoms with van der Waals surface area (Å²) in [4.78, 5) is 28.8. The maximum atomic E-state index is 12.2. The summed E-state index contributed by atoms with van der Waals surface area (Å²) in [5, 5.41) is 2.81. The Balaban J connectivity index is 1.62. The SMILES string of the molecule is CCCc1cc(=O)n(CC(=O)NCc2ccc3c(c2)OCO3)c(C)n1. The third-order valence-corrected chi connectivity index (χ3v) is 3.99. The molecule has 1 aliphatic rings. The number of benzene rings is 1. The highest BCUT2D eigenvalue weighted by Gasteiger charge is 2.14. The zero-order chi connectivity index (χ0) is 17.8. The first-order valence-electron chi connectivity index (χ1n) is 8.29. The molecule has 0 saturated heterocycles. The number of carbonyl (C=O) groups excluding carboxylic acids is 1. The maximum Gasteiger partial charge on any atom is 0.254 e. The van der Waals surface area contributed by atoms with Crippen LogP contribution in [0.1, 0.15) is 30.4 Å². The quantitative estimate of drug-likeness (QED) is 0.860. The zero-order valence-electron chi connectivity index (χ0n) is 14.4. The number of hydrogen-bond donors (Lipinski definition) is 1. The summed E-state index contributed by atoms with van der Waals surface area (Å²) in [5.41, 5.74) is 1.47. The fourth-order valence-corrected chi connectivity index (χ4v) is 2.71. The number of carbonyl (C=O) groups is 1. The Morgan fingerprint density at radius 1 is 1.28 bits per heavy atom. The summed E-state index contributed by atoms with van der Waals surface area (Å²) in [7, 11) is 0. The highest BCUT2D eigenvalue weighted by Crippen LogP contribution is 2.32. The Morgan fingerprint density at radius 2 is 2.08 bits per heavy atom. The van der Waals surface area contributed by atoms with Crippen molar-refractivity contribution in [1.82, 2.24) is 14.9 Å². The van der Waals surface area contributed by atoms with E-state index in [0.29, 0.717) is 23.9 Å². The van der Waals surface area contributed by atoms with Crippen LogP contribution >= 0.6 is 0 Å². The minimum Gasteiger partial charge on any atom is -0.454 e. The van der Waals surface area contributed by atoms with Gasteiger partial charge in [-0.05, 0) is 31.0 Å². The Kier molecular flexibility index (Phi) is 5.02. The van der Waals surface area contributed by atoms with E-state index in [4.69, 9.17) is 9.47 Å². The van der Waals surface area contributed by atoms with Crippen LogP contribution in [0.5, 0.6) is 11.5 Å². The monoisotopic (exact) mass is 343 g/mol. The Morgan fingerprint density at radius 3 is 2.84 bits per heavy atom. The van der Waals surface area contributed by atoms with Crippen LogP contribution in [0.2, 0.25) is 0 Å². The molecule has 0 aliphatic carbocycles. The molecule has 0 spiro atoms. The summed E-state index contributed by atoms with van der Waals surface area (Å²) >= 11 is 0. The topological polar surface area (TPSA) is 82.5 Å². The molecule has 0 fully saturated rings. The molecule has 2 heterocycles. The minimum atomic E-state index is -0.243. The van der Waals surface area contributed by atoms with E-state index in [0.717, 1.165) is 24.1 Å². The largest absolute Gasteiger partial charge is 0.454 e. The highest BCUT2D eigenvalue weighted by atomic mass is 16.7. The second-order valence-electron chi connectivity index (χ2n) is 5.93. The zero-order valence-corrected chi connectivity index (χ0v) is 14.4. The van der Waals surface area contributed by atoms with Crippen molar-refractivity contribution in [1.29, 1.82) is 0 Å². The summed E-state index contributed by atoms with van der Waals surface area (Å²) < 4.78 is 12.0. The number of aryl methyl sites for hydroxylation is 2. The van der Waals surface area contributed by atoms with Crippen molar-refractivity contribution in [3.63, 3.8) is 0 Å². The molecule has 0 atom stereocenters. The number of hydrogen-bond acceptors (Lipinski definition) is 5. The van der Waals surface area contributed by atoms with Crippen molar-refractivity contribution < 1.29 is 14.3 Å². The van der Waals surface area contributed by atoms with E-state index in [1.165, 1.54) is 10.6 Å². The van der Waals surface area contributed by atoms with Crippen LogP contribution in [0, 0.1) is 6.92 Å². The van der Waals surface area contributed by atoms with E-state index in [1.807, 2.05) is 25.1 Å². The molecular weight excluding hydrogens is 322 g/mol. The summed E-state index contributed by atoms with van der Waals surface area (Å²) in [6.45, 7) is 4.30. The first-order chi connectivity index (χ1) is 12.1. The van der Waals surface area contributed by atoms with Gasteiger partial charge in [0.2, 0.25) is 12.7 Å². The van der Waals surface area contributed by atoms with Crippen LogP contribution in [0.4, 0.5) is 0 Å². The minimum absolute atomic E-state index is 0.0470. The molecule has 0 bridgehead atoms. The van der Waals surface area contributed by atoms with E-state index >= 15 is 0 Å². The third kappa shape index (κ3) is 3.99. The molecule has 25 heavy (non-hydrogen) atoms. The van der Waals surface area contributed by atoms with Gasteiger partial charge < -0.3 is 14.8 Å². The molecule has 1 N–H and O–H groups in total. The first kappa shape index (κ1) is 17.0. The molecule has 1 aliphatic heterocycles. The predicted molar refractivity (Wildman–Crippen MR) is 91.6 cm³/mol. The van der Waals surface area contributed by atoms with Crippen molar-refractivity contribution in [3.8, 4) is 11.5 Å². The summed E-state index contributed by atoms with van der Waals surface area (Å²) in [6.07, 6.45) is 1.68. The normalized spacial score (nSPS) is 12.2. The predicted octanol–water partition coefficient (Wildman–Crippen LogP) is 1.55. The lowest BCUT2D eigenvalue weighted by Crippen LogP contribution is -2.33. The molecule has 0 saturated carbocycles. The summed E-state index contributed by atoms with van der Waals surface area (Å²) in [6, 6.07) is 7.02. The molecule has 3 rings (SSSR count). The van der Waals surface area contributed by atoms with Crippen LogP contribution in [0.25, 0.3) is 0 Å². The van der Waals surface area contributed by atoms with Gasteiger partial charge in [-0.15, -0.1) is 0 Å². The van der Waals surface area contributed by atoms with Gasteiger partial charge in [-0.1, -0.05) is 19.4 Å². The molecule has 7 heteroatoms. The molecule has 0 unspecified atom stereocenters. The number of amides is 1. The number of fused-ring (bicyclic) bond motifs is 1. The van der Waals surface area contributed by atoms with Crippen LogP contribution < -0.4 is 20.3 Å². The molecule has 1 aromatic heterocycles. The van der Waals surface area contributed by atoms with Gasteiger partial charge in [0.1, 0.15) is 12.4 Å². The number of aromatic nitrogens is 2. The van der Waals surface area contributed by atoms with E-state index < -0.39 is 0 Å². The van der Waals surface area contributed by atoms with Gasteiger partial charge in [-0.2, -0.15) is 0 Å². The van der Waals surface area contributed by atoms with Gasteiger partial charge in [0.05, 0.1) is 0 Å². The van der Waals surface area contributed by atoms with Crippen LogP contribution in [0.15, 0.2) is 29.1 Å². The van der Waals surface area contributed by atoms with Crippen molar-refractivity contribution >= 4 is 5.91 Å². The third-order valence-electron chi connectivity index (χ3n) is 3.99. The van der Waals surface area contributed by atoms with Crippen molar-refractivity contribution in [2.75, 3.05) is 6.79 Å². The van der Waals surface area contributed by atoms with Gasteiger partial charge in [0.15, 0.2) is 11.5 Å². The Hall–Kier alpha value is -2.83. The van der Waals surface area contributed by atoms with Gasteiger partial charge in [-0.25, -0.2) is 4.98 Å². The molecule has 0 radical (unpaired) electrons. The fraction of sp³-hybridized carbons (Fsp3) is 0.389. The van der Waals surface area contributed by atoms with Crippen LogP contribution in [-0.4, -0.2) is 22.3 Å². The van der Waals surface area contributed by atoms with Crippen molar-refractivity contribution in [3.05, 3.63) is 51.7 Å². The van der Waals surface area contributed by atoms with Crippen LogP contribution in [0.3, 0.4) is 0 Å². The number of ether oxygens (including phenoxy) is 2. The van der Waals surface area contributed by atoms with E-state index in [9.17, 15) is 9.59 Å². The number of nitrogens with zero attached hydrogens (tertiary/aromatic N) is 2. The smallest absolute Gasteiger partial charge is 0.254 e. The maximum absolute atomic E-state index is 12.2. The van der Waals surface area contributed by atoms with Crippen molar-refractivity contribution in [2.45, 2.75) is 39.8 Å². The van der Waals surface area contributed by atoms with E-state index in [1.54, 1.807) is 6.92 Å². The van der Waals surface area contributed by atoms with E-state index in [2.05, 4.69) is 10.3 Å². The van der Waals surface area contributed by atoms with Gasteiger partial charge in [0, 0.05) is 18.3 Å². The highest BCUT2D eigenvalue weighted by molar-refractivity contribution is 5.75. The molecule has 1 aromatic carbocycles. The lowest BCUT2D eigenvalue weighted by molar-refractivity contribution is -0.121. The Labute approximate surface area is 145 Å². The second-order valence-corrected chi connectivity index (χ2v) is 5.93. The fourth-order valence-electron chi connectivity index (χ4n) is 2.71. The number of rotatable bonds is 6. The molecule has 1 amide bonds. The van der Waals surface area contributed by atoms with Gasteiger partial charge in [-0.3, -0.25) is 14.2 Å². The van der Waals surface area contributed by atoms with Crippen LogP contribution in [-0.2, 0) is 24.3 Å². The first-order valence-corrected chi connectivity index (χ1v) is 8.29. The van der Waals surface area contributed by atoms with Crippen molar-refractivity contribution in [2.24, 2.45) is 0 Å².